The molecule has 0 amide bonds. The van der Waals surface area contributed by atoms with E-state index in [0.717, 1.165) is 23.9 Å². The summed E-state index contributed by atoms with van der Waals surface area (Å²) in [6.45, 7) is 6.09. The normalized spacial score (nSPS) is 41.5. The largest absolute Gasteiger partial charge is 0.301 e. The summed E-state index contributed by atoms with van der Waals surface area (Å²) in [4.78, 5) is 5.42. The number of nitrogens with zero attached hydrogens (tertiary/aromatic N) is 2. The Bertz CT molecular complexity index is 459. The average Bonchev–Trinajstić information content (AvgIpc) is 2.81. The number of benzene rings is 1. The second kappa shape index (κ2) is 4.32. The van der Waals surface area contributed by atoms with Crippen LogP contribution in [-0.4, -0.2) is 48.6 Å². The molecule has 1 aromatic rings. The van der Waals surface area contributed by atoms with Crippen molar-refractivity contribution in [2.45, 2.75) is 37.8 Å². The third-order valence-corrected chi connectivity index (χ3v) is 5.74. The van der Waals surface area contributed by atoms with Crippen LogP contribution in [0.5, 0.6) is 0 Å². The number of likely N-dealkylation sites (tertiary alicyclic amines) is 1. The maximum atomic E-state index is 2.78. The van der Waals surface area contributed by atoms with Crippen molar-refractivity contribution in [3.05, 3.63) is 35.4 Å². The molecular weight excluding hydrogens is 232 g/mol. The summed E-state index contributed by atoms with van der Waals surface area (Å²) in [6.07, 6.45) is 2.85. The lowest BCUT2D eigenvalue weighted by atomic mass is 9.75. The molecule has 0 unspecified atom stereocenters. The van der Waals surface area contributed by atoms with Gasteiger partial charge >= 0.3 is 0 Å². The van der Waals surface area contributed by atoms with E-state index in [2.05, 4.69) is 48.0 Å². The zero-order valence-electron chi connectivity index (χ0n) is 12.0. The Morgan fingerprint density at radius 1 is 1.00 bits per heavy atom. The molecule has 4 fully saturated rings. The van der Waals surface area contributed by atoms with Crippen LogP contribution >= 0.6 is 0 Å². The maximum Gasteiger partial charge on any atom is 0.0335 e. The van der Waals surface area contributed by atoms with Crippen LogP contribution in [0.1, 0.15) is 29.9 Å². The van der Waals surface area contributed by atoms with Crippen LogP contribution < -0.4 is 0 Å². The van der Waals surface area contributed by atoms with Gasteiger partial charge in [-0.05, 0) is 51.4 Å². The first-order chi connectivity index (χ1) is 9.24. The van der Waals surface area contributed by atoms with Crippen molar-refractivity contribution in [2.75, 3.05) is 26.7 Å². The van der Waals surface area contributed by atoms with Crippen LogP contribution in [0.4, 0.5) is 0 Å². The van der Waals surface area contributed by atoms with Gasteiger partial charge in [0.2, 0.25) is 0 Å². The molecule has 4 saturated heterocycles. The number of aryl methyl sites for hydroxylation is 1. The first-order valence-corrected chi connectivity index (χ1v) is 7.75. The number of hydrogen-bond acceptors (Lipinski definition) is 2. The van der Waals surface area contributed by atoms with Crippen molar-refractivity contribution in [3.63, 3.8) is 0 Å². The molecule has 5 rings (SSSR count). The summed E-state index contributed by atoms with van der Waals surface area (Å²) in [5, 5.41) is 0. The number of hydrogen-bond donors (Lipinski definition) is 0. The Labute approximate surface area is 116 Å². The van der Waals surface area contributed by atoms with Gasteiger partial charge in [0, 0.05) is 24.5 Å². The third kappa shape index (κ3) is 1.77. The fourth-order valence-corrected chi connectivity index (χ4v) is 4.82. The van der Waals surface area contributed by atoms with Gasteiger partial charge in [-0.2, -0.15) is 0 Å². The van der Waals surface area contributed by atoms with Crippen molar-refractivity contribution >= 4 is 0 Å². The SMILES string of the molecule is Cc1ccc([C@H]2CN(C)[C@@H]3C4CCN(CC4)[C@H]23)cc1. The Balaban J connectivity index is 1.68. The van der Waals surface area contributed by atoms with Gasteiger partial charge in [-0.1, -0.05) is 29.8 Å². The van der Waals surface area contributed by atoms with Crippen molar-refractivity contribution in [3.8, 4) is 0 Å². The van der Waals surface area contributed by atoms with Crippen LogP contribution in [0.2, 0.25) is 0 Å². The summed E-state index contributed by atoms with van der Waals surface area (Å²) >= 11 is 0. The maximum absolute atomic E-state index is 2.78. The van der Waals surface area contributed by atoms with E-state index < -0.39 is 0 Å². The molecule has 0 radical (unpaired) electrons. The minimum Gasteiger partial charge on any atom is -0.301 e. The lowest BCUT2D eigenvalue weighted by molar-refractivity contribution is 0.000201. The lowest BCUT2D eigenvalue weighted by Gasteiger charge is -2.51. The monoisotopic (exact) mass is 256 g/mol. The van der Waals surface area contributed by atoms with Crippen molar-refractivity contribution in [1.82, 2.24) is 9.80 Å². The molecule has 102 valence electrons. The van der Waals surface area contributed by atoms with Crippen molar-refractivity contribution < 1.29 is 0 Å². The second-order valence-electron chi connectivity index (χ2n) is 6.81. The van der Waals surface area contributed by atoms with E-state index in [4.69, 9.17) is 0 Å². The van der Waals surface area contributed by atoms with Gasteiger partial charge in [-0.25, -0.2) is 0 Å². The van der Waals surface area contributed by atoms with E-state index in [1.54, 1.807) is 5.56 Å². The Kier molecular flexibility index (Phi) is 2.71. The van der Waals surface area contributed by atoms with Gasteiger partial charge in [-0.3, -0.25) is 4.90 Å². The molecule has 19 heavy (non-hydrogen) atoms. The van der Waals surface area contributed by atoms with Crippen LogP contribution in [-0.2, 0) is 0 Å². The summed E-state index contributed by atoms with van der Waals surface area (Å²) in [6, 6.07) is 10.9. The smallest absolute Gasteiger partial charge is 0.0335 e. The molecule has 0 aromatic heterocycles. The van der Waals surface area contributed by atoms with Gasteiger partial charge < -0.3 is 4.90 Å². The number of likely N-dealkylation sites (N-methyl/N-ethyl adjacent to an activating group) is 1. The summed E-state index contributed by atoms with van der Waals surface area (Å²) in [5.41, 5.74) is 2.93. The molecule has 4 heterocycles. The summed E-state index contributed by atoms with van der Waals surface area (Å²) < 4.78 is 0. The molecule has 0 saturated carbocycles. The highest BCUT2D eigenvalue weighted by molar-refractivity contribution is 5.29. The Morgan fingerprint density at radius 3 is 2.37 bits per heavy atom. The summed E-state index contributed by atoms with van der Waals surface area (Å²) in [7, 11) is 2.34. The molecule has 2 heteroatoms. The zero-order valence-corrected chi connectivity index (χ0v) is 12.0. The second-order valence-corrected chi connectivity index (χ2v) is 6.81. The fourth-order valence-electron chi connectivity index (χ4n) is 4.82. The number of piperidine rings is 3. The molecular formula is C17H24N2. The van der Waals surface area contributed by atoms with Crippen LogP contribution in [0.25, 0.3) is 0 Å². The highest BCUT2D eigenvalue weighted by atomic mass is 15.3. The molecule has 2 nitrogen and oxygen atoms in total. The molecule has 1 aromatic carbocycles. The minimum atomic E-state index is 0.721. The van der Waals surface area contributed by atoms with Gasteiger partial charge in [0.15, 0.2) is 0 Å². The topological polar surface area (TPSA) is 6.48 Å². The minimum absolute atomic E-state index is 0.721. The van der Waals surface area contributed by atoms with E-state index in [1.807, 2.05) is 0 Å². The molecule has 4 aliphatic rings. The molecule has 0 N–H and O–H groups in total. The van der Waals surface area contributed by atoms with Crippen LogP contribution in [0.15, 0.2) is 24.3 Å². The lowest BCUT2D eigenvalue weighted by Crippen LogP contribution is -2.59. The Morgan fingerprint density at radius 2 is 1.68 bits per heavy atom. The standard InChI is InChI=1S/C17H24N2/c1-12-3-5-13(6-4-12)15-11-18(2)16-14-7-9-19(10-8-14)17(15)16/h3-6,14-17H,7-11H2,1-2H3/t15-,16-,17-/m1/s1. The van der Waals surface area contributed by atoms with E-state index in [0.29, 0.717) is 0 Å². The van der Waals surface area contributed by atoms with Gasteiger partial charge in [0.1, 0.15) is 0 Å². The zero-order chi connectivity index (χ0) is 13.0. The van der Waals surface area contributed by atoms with Crippen LogP contribution in [0, 0.1) is 12.8 Å². The van der Waals surface area contributed by atoms with Crippen molar-refractivity contribution in [1.29, 1.82) is 0 Å². The highest BCUT2D eigenvalue weighted by Gasteiger charge is 2.51. The predicted molar refractivity (Wildman–Crippen MR) is 78.4 cm³/mol. The molecule has 0 aliphatic carbocycles. The first-order valence-electron chi connectivity index (χ1n) is 7.75. The van der Waals surface area contributed by atoms with E-state index >= 15 is 0 Å². The quantitative estimate of drug-likeness (QED) is 0.761. The predicted octanol–water partition coefficient (Wildman–Crippen LogP) is 2.49. The molecule has 3 atom stereocenters. The fraction of sp³-hybridized carbons (Fsp3) is 0.647. The van der Waals surface area contributed by atoms with Gasteiger partial charge in [0.05, 0.1) is 0 Å². The third-order valence-electron chi connectivity index (χ3n) is 5.74. The average molecular weight is 256 g/mol. The van der Waals surface area contributed by atoms with E-state index in [-0.39, 0.29) is 0 Å². The molecule has 4 aliphatic heterocycles. The van der Waals surface area contributed by atoms with Crippen molar-refractivity contribution in [2.24, 2.45) is 5.92 Å². The summed E-state index contributed by atoms with van der Waals surface area (Å²) in [5.74, 6) is 1.68. The first kappa shape index (κ1) is 11.9. The van der Waals surface area contributed by atoms with Gasteiger partial charge in [-0.15, -0.1) is 0 Å². The van der Waals surface area contributed by atoms with E-state index in [9.17, 15) is 0 Å². The van der Waals surface area contributed by atoms with Crippen LogP contribution in [0.3, 0.4) is 0 Å². The Hall–Kier alpha value is -0.860. The van der Waals surface area contributed by atoms with E-state index in [1.165, 1.54) is 38.0 Å². The highest BCUT2D eigenvalue weighted by Crippen LogP contribution is 2.45. The number of fused-ring (bicyclic) bond motifs is 2. The molecule has 2 bridgehead atoms. The number of rotatable bonds is 1. The van der Waals surface area contributed by atoms with Gasteiger partial charge in [0.25, 0.3) is 0 Å². The molecule has 0 spiro atoms.